The summed E-state index contributed by atoms with van der Waals surface area (Å²) in [4.78, 5) is 0. The fourth-order valence-corrected chi connectivity index (χ4v) is 2.47. The molecule has 0 aromatic heterocycles. The van der Waals surface area contributed by atoms with E-state index in [1.165, 1.54) is 32.3 Å². The first-order valence-electron chi connectivity index (χ1n) is 6.12. The second kappa shape index (κ2) is 3.23. The van der Waals surface area contributed by atoms with E-state index < -0.39 is 0 Å². The molecular weight excluding hydrogens is 204 g/mol. The van der Waals surface area contributed by atoms with Gasteiger partial charge >= 0.3 is 0 Å². The van der Waals surface area contributed by atoms with Gasteiger partial charge < -0.3 is 0 Å². The molecule has 2 aromatic rings. The van der Waals surface area contributed by atoms with Crippen LogP contribution < -0.4 is 10.4 Å². The SMILES string of the molecule is C1=c2cc3cc4c(cc3cc2=1)C=CCCC=C4. The van der Waals surface area contributed by atoms with Gasteiger partial charge in [0.15, 0.2) is 0 Å². The third-order valence-electron chi connectivity index (χ3n) is 3.48. The molecule has 0 fully saturated rings. The smallest absolute Gasteiger partial charge is 0.0328 e. The average Bonchev–Trinajstić information content (AvgIpc) is 3.04. The summed E-state index contributed by atoms with van der Waals surface area (Å²) < 4.78 is 0. The Kier molecular flexibility index (Phi) is 1.72. The Hall–Kier alpha value is -2.04. The van der Waals surface area contributed by atoms with E-state index in [-0.39, 0.29) is 0 Å². The molecule has 0 heterocycles. The molecule has 0 atom stereocenters. The highest BCUT2D eigenvalue weighted by molar-refractivity contribution is 5.89. The van der Waals surface area contributed by atoms with Gasteiger partial charge in [0.2, 0.25) is 0 Å². The van der Waals surface area contributed by atoms with Crippen LogP contribution in [-0.4, -0.2) is 0 Å². The highest BCUT2D eigenvalue weighted by Gasteiger charge is 2.04. The van der Waals surface area contributed by atoms with Gasteiger partial charge in [-0.15, -0.1) is 5.73 Å². The molecule has 0 saturated heterocycles. The van der Waals surface area contributed by atoms with Gasteiger partial charge in [0.25, 0.3) is 0 Å². The highest BCUT2D eigenvalue weighted by atomic mass is 14.1. The quantitative estimate of drug-likeness (QED) is 0.542. The molecular formula is C17H12. The van der Waals surface area contributed by atoms with Gasteiger partial charge in [-0.2, -0.15) is 0 Å². The molecule has 0 N–H and O–H groups in total. The van der Waals surface area contributed by atoms with E-state index >= 15 is 0 Å². The Morgan fingerprint density at radius 2 is 1.24 bits per heavy atom. The van der Waals surface area contributed by atoms with Crippen LogP contribution >= 0.6 is 0 Å². The first kappa shape index (κ1) is 9.04. The molecule has 80 valence electrons. The summed E-state index contributed by atoms with van der Waals surface area (Å²) in [5.74, 6) is 0. The van der Waals surface area contributed by atoms with Crippen LogP contribution in [0.5, 0.6) is 0 Å². The minimum Gasteiger partial charge on any atom is -0.102 e. The summed E-state index contributed by atoms with van der Waals surface area (Å²) in [7, 11) is 0. The zero-order chi connectivity index (χ0) is 11.2. The second-order valence-electron chi connectivity index (χ2n) is 4.73. The molecule has 0 amide bonds. The number of hydrogen-bond donors (Lipinski definition) is 0. The van der Waals surface area contributed by atoms with Gasteiger partial charge in [-0.25, -0.2) is 0 Å². The van der Waals surface area contributed by atoms with Crippen LogP contribution in [0.15, 0.2) is 36.4 Å². The van der Waals surface area contributed by atoms with Crippen molar-refractivity contribution in [3.05, 3.63) is 58.0 Å². The molecule has 0 aliphatic heterocycles. The van der Waals surface area contributed by atoms with Crippen molar-refractivity contribution in [3.63, 3.8) is 0 Å². The molecule has 17 heavy (non-hydrogen) atoms. The van der Waals surface area contributed by atoms with Gasteiger partial charge in [0.1, 0.15) is 0 Å². The van der Waals surface area contributed by atoms with Gasteiger partial charge in [0.05, 0.1) is 0 Å². The summed E-state index contributed by atoms with van der Waals surface area (Å²) in [6.45, 7) is 0. The molecule has 0 radical (unpaired) electrons. The van der Waals surface area contributed by atoms with Crippen LogP contribution in [0.1, 0.15) is 24.0 Å². The number of rotatable bonds is 0. The van der Waals surface area contributed by atoms with Crippen molar-refractivity contribution in [1.29, 1.82) is 0 Å². The van der Waals surface area contributed by atoms with Crippen LogP contribution in [0.3, 0.4) is 0 Å². The van der Waals surface area contributed by atoms with E-state index in [1.54, 1.807) is 0 Å². The molecule has 2 aliphatic carbocycles. The normalized spacial score (nSPS) is 15.3. The zero-order valence-corrected chi connectivity index (χ0v) is 9.53. The van der Waals surface area contributed by atoms with E-state index in [0.717, 1.165) is 12.8 Å². The number of allylic oxidation sites excluding steroid dienone is 2. The summed E-state index contributed by atoms with van der Waals surface area (Å²) in [6, 6.07) is 9.05. The largest absolute Gasteiger partial charge is 0.102 e. The van der Waals surface area contributed by atoms with Crippen molar-refractivity contribution in [2.24, 2.45) is 0 Å². The number of benzene rings is 2. The van der Waals surface area contributed by atoms with E-state index in [0.29, 0.717) is 0 Å². The first-order chi connectivity index (χ1) is 8.40. The van der Waals surface area contributed by atoms with Gasteiger partial charge in [-0.05, 0) is 59.0 Å². The van der Waals surface area contributed by atoms with Crippen LogP contribution in [0.25, 0.3) is 28.7 Å². The Morgan fingerprint density at radius 3 is 1.76 bits per heavy atom. The van der Waals surface area contributed by atoms with Crippen LogP contribution in [-0.2, 0) is 0 Å². The van der Waals surface area contributed by atoms with Crippen molar-refractivity contribution in [1.82, 2.24) is 0 Å². The zero-order valence-electron chi connectivity index (χ0n) is 9.53. The van der Waals surface area contributed by atoms with Gasteiger partial charge in [-0.3, -0.25) is 0 Å². The lowest BCUT2D eigenvalue weighted by atomic mass is 9.98. The topological polar surface area (TPSA) is 0 Å². The molecule has 2 aromatic carbocycles. The predicted molar refractivity (Wildman–Crippen MR) is 73.0 cm³/mol. The predicted octanol–water partition coefficient (Wildman–Crippen LogP) is 2.72. The minimum atomic E-state index is 1.14. The fraction of sp³-hybridized carbons (Fsp3) is 0.118. The van der Waals surface area contributed by atoms with Crippen LogP contribution in [0, 0.1) is 0 Å². The van der Waals surface area contributed by atoms with Gasteiger partial charge in [-0.1, -0.05) is 24.3 Å². The third kappa shape index (κ3) is 1.46. The Balaban J connectivity index is 2.05. The minimum absolute atomic E-state index is 1.14. The number of hydrogen-bond acceptors (Lipinski definition) is 0. The maximum atomic E-state index is 3.28. The van der Waals surface area contributed by atoms with E-state index in [4.69, 9.17) is 0 Å². The molecule has 0 unspecified atom stereocenters. The fourth-order valence-electron chi connectivity index (χ4n) is 2.47. The van der Waals surface area contributed by atoms with Crippen molar-refractivity contribution in [3.8, 4) is 0 Å². The second-order valence-corrected chi connectivity index (χ2v) is 4.73. The summed E-state index contributed by atoms with van der Waals surface area (Å²) in [5.41, 5.74) is 5.93. The molecule has 0 bridgehead atoms. The first-order valence-corrected chi connectivity index (χ1v) is 6.12. The maximum Gasteiger partial charge on any atom is 0.0328 e. The lowest BCUT2D eigenvalue weighted by molar-refractivity contribution is 1.06. The average molecular weight is 216 g/mol. The van der Waals surface area contributed by atoms with Crippen molar-refractivity contribution >= 4 is 28.7 Å². The van der Waals surface area contributed by atoms with E-state index in [9.17, 15) is 0 Å². The molecule has 0 saturated carbocycles. The molecule has 0 spiro atoms. The van der Waals surface area contributed by atoms with Gasteiger partial charge in [0, 0.05) is 10.4 Å². The van der Waals surface area contributed by atoms with Crippen molar-refractivity contribution in [2.75, 3.05) is 0 Å². The monoisotopic (exact) mass is 216 g/mol. The molecule has 4 rings (SSSR count). The Bertz CT molecular complexity index is 747. The van der Waals surface area contributed by atoms with E-state index in [2.05, 4.69) is 54.3 Å². The molecule has 0 nitrogen and oxygen atoms in total. The van der Waals surface area contributed by atoms with Crippen LogP contribution in [0.4, 0.5) is 0 Å². The van der Waals surface area contributed by atoms with E-state index in [1.807, 2.05) is 0 Å². The maximum absolute atomic E-state index is 3.28. The van der Waals surface area contributed by atoms with Crippen molar-refractivity contribution < 1.29 is 0 Å². The Labute approximate surface area is 99.9 Å². The Morgan fingerprint density at radius 1 is 0.706 bits per heavy atom. The standard InChI is InChI=1S/C17H12/c1-2-4-6-13-8-15-10-17-11-16(17)9-14(15)7-12(13)5-3-1/h3-10H,1-2H2. The third-order valence-corrected chi connectivity index (χ3v) is 3.48. The lowest BCUT2D eigenvalue weighted by Crippen LogP contribution is -2.05. The lowest BCUT2D eigenvalue weighted by Gasteiger charge is -2.06. The van der Waals surface area contributed by atoms with Crippen LogP contribution in [0.2, 0.25) is 0 Å². The number of fused-ring (bicyclic) bond motifs is 3. The highest BCUT2D eigenvalue weighted by Crippen LogP contribution is 2.23. The molecule has 0 heteroatoms. The summed E-state index contributed by atoms with van der Waals surface area (Å²) >= 11 is 0. The molecule has 2 aliphatic rings. The summed E-state index contributed by atoms with van der Waals surface area (Å²) in [5, 5.41) is 5.21. The van der Waals surface area contributed by atoms with Crippen molar-refractivity contribution in [2.45, 2.75) is 12.8 Å². The summed E-state index contributed by atoms with van der Waals surface area (Å²) in [6.07, 6.45) is 11.3.